The second-order valence-electron chi connectivity index (χ2n) is 5.52. The fourth-order valence-corrected chi connectivity index (χ4v) is 3.80. The van der Waals surface area contributed by atoms with Crippen LogP contribution in [0.4, 0.5) is 4.39 Å². The van der Waals surface area contributed by atoms with Crippen molar-refractivity contribution >= 4 is 42.5 Å². The second kappa shape index (κ2) is 7.65. The molecular weight excluding hydrogens is 417 g/mol. The third-order valence-electron chi connectivity index (χ3n) is 3.70. The summed E-state index contributed by atoms with van der Waals surface area (Å²) in [6.07, 6.45) is 1.76. The van der Waals surface area contributed by atoms with E-state index >= 15 is 0 Å². The molecule has 0 bridgehead atoms. The van der Waals surface area contributed by atoms with Crippen LogP contribution < -0.4 is 5.56 Å². The Labute approximate surface area is 152 Å². The molecule has 0 aliphatic carbocycles. The van der Waals surface area contributed by atoms with Gasteiger partial charge in [-0.15, -0.1) is 0 Å². The van der Waals surface area contributed by atoms with Crippen LogP contribution in [0.3, 0.4) is 0 Å². The van der Waals surface area contributed by atoms with Crippen molar-refractivity contribution in [3.63, 3.8) is 0 Å². The minimum absolute atomic E-state index is 0.0459. The fourth-order valence-electron chi connectivity index (χ4n) is 2.48. The van der Waals surface area contributed by atoms with Gasteiger partial charge in [0.15, 0.2) is 15.1 Å². The van der Waals surface area contributed by atoms with Crippen LogP contribution in [0.2, 0.25) is 0 Å². The number of hydrogen-bond donors (Lipinski definition) is 0. The lowest BCUT2D eigenvalue weighted by Crippen LogP contribution is -2.34. The maximum atomic E-state index is 14.3. The van der Waals surface area contributed by atoms with Crippen molar-refractivity contribution in [1.29, 1.82) is 0 Å². The van der Waals surface area contributed by atoms with Gasteiger partial charge in [-0.2, -0.15) is 0 Å². The van der Waals surface area contributed by atoms with Crippen LogP contribution in [-0.4, -0.2) is 37.1 Å². The molecule has 25 heavy (non-hydrogen) atoms. The molecule has 0 aliphatic rings. The summed E-state index contributed by atoms with van der Waals surface area (Å²) in [6.45, 7) is 1.49. The molecule has 0 spiro atoms. The number of pyridine rings is 1. The topological polar surface area (TPSA) is 82.4 Å². The molecule has 0 saturated carbocycles. The van der Waals surface area contributed by atoms with Gasteiger partial charge in [0.05, 0.1) is 12.0 Å². The molecule has 0 saturated heterocycles. The Hall–Kier alpha value is -1.74. The number of carbonyl (C=O) groups excluding carboxylic acids is 1. The molecular formula is C16H17BrFNO5S. The van der Waals surface area contributed by atoms with Crippen LogP contribution in [0.25, 0.3) is 10.8 Å². The predicted octanol–water partition coefficient (Wildman–Crippen LogP) is 2.27. The summed E-state index contributed by atoms with van der Waals surface area (Å²) in [5.41, 5.74) is -0.458. The summed E-state index contributed by atoms with van der Waals surface area (Å²) in [4.78, 5) is 24.3. The molecule has 6 nitrogen and oxygen atoms in total. The number of fused-ring (bicyclic) bond motifs is 1. The van der Waals surface area contributed by atoms with Crippen LogP contribution in [0.5, 0.6) is 0 Å². The van der Waals surface area contributed by atoms with Gasteiger partial charge in [0, 0.05) is 28.9 Å². The molecule has 0 radical (unpaired) electrons. The average molecular weight is 434 g/mol. The first kappa shape index (κ1) is 19.6. The molecule has 2 rings (SSSR count). The highest BCUT2D eigenvalue weighted by molar-refractivity contribution is 9.10. The van der Waals surface area contributed by atoms with E-state index in [0.717, 1.165) is 17.0 Å². The minimum Gasteiger partial charge on any atom is -0.465 e. The largest absolute Gasteiger partial charge is 0.465 e. The van der Waals surface area contributed by atoms with E-state index < -0.39 is 32.4 Å². The quantitative estimate of drug-likeness (QED) is 0.652. The Balaban J connectivity index is 2.37. The maximum Gasteiger partial charge on any atom is 0.324 e. The molecule has 9 heteroatoms. The number of nitrogens with zero attached hydrogens (tertiary/aromatic N) is 1. The van der Waals surface area contributed by atoms with Crippen molar-refractivity contribution < 1.29 is 22.3 Å². The van der Waals surface area contributed by atoms with E-state index in [0.29, 0.717) is 4.47 Å². The fraction of sp³-hybridized carbons (Fsp3) is 0.375. The monoisotopic (exact) mass is 433 g/mol. The summed E-state index contributed by atoms with van der Waals surface area (Å²) in [6, 6.07) is 4.60. The van der Waals surface area contributed by atoms with E-state index in [9.17, 15) is 22.4 Å². The molecule has 0 fully saturated rings. The van der Waals surface area contributed by atoms with E-state index in [1.165, 1.54) is 12.1 Å². The van der Waals surface area contributed by atoms with Crippen molar-refractivity contribution in [2.45, 2.75) is 25.1 Å². The Morgan fingerprint density at radius 1 is 1.36 bits per heavy atom. The van der Waals surface area contributed by atoms with Gasteiger partial charge in [-0.1, -0.05) is 15.9 Å². The van der Waals surface area contributed by atoms with Gasteiger partial charge in [0.25, 0.3) is 5.56 Å². The number of rotatable bonds is 6. The van der Waals surface area contributed by atoms with Crippen molar-refractivity contribution in [2.75, 3.05) is 12.9 Å². The van der Waals surface area contributed by atoms with Gasteiger partial charge in [-0.05, 0) is 31.5 Å². The number of hydrogen-bond acceptors (Lipinski definition) is 5. The summed E-state index contributed by atoms with van der Waals surface area (Å²) < 4.78 is 44.3. The SMILES string of the molecule is CCOC(=O)C(CCn1cc(F)c2cc(Br)ccc2c1=O)S(C)(=O)=O. The van der Waals surface area contributed by atoms with E-state index in [1.54, 1.807) is 13.0 Å². The van der Waals surface area contributed by atoms with Gasteiger partial charge >= 0.3 is 5.97 Å². The molecule has 1 heterocycles. The number of aryl methyl sites for hydroxylation is 1. The van der Waals surface area contributed by atoms with Crippen LogP contribution >= 0.6 is 15.9 Å². The Bertz CT molecular complexity index is 970. The average Bonchev–Trinajstić information content (AvgIpc) is 2.51. The van der Waals surface area contributed by atoms with E-state index in [-0.39, 0.29) is 30.3 Å². The molecule has 1 atom stereocenters. The van der Waals surface area contributed by atoms with Crippen molar-refractivity contribution in [3.8, 4) is 0 Å². The predicted molar refractivity (Wildman–Crippen MR) is 95.7 cm³/mol. The summed E-state index contributed by atoms with van der Waals surface area (Å²) in [5, 5.41) is -1.06. The number of aromatic nitrogens is 1. The lowest BCUT2D eigenvalue weighted by atomic mass is 10.1. The summed E-state index contributed by atoms with van der Waals surface area (Å²) in [5.74, 6) is -1.48. The van der Waals surface area contributed by atoms with Gasteiger partial charge in [-0.25, -0.2) is 12.8 Å². The molecule has 1 aromatic heterocycles. The lowest BCUT2D eigenvalue weighted by Gasteiger charge is -2.15. The molecule has 1 aromatic carbocycles. The first-order valence-electron chi connectivity index (χ1n) is 7.49. The number of carbonyl (C=O) groups is 1. The number of esters is 1. The van der Waals surface area contributed by atoms with Gasteiger partial charge in [-0.3, -0.25) is 9.59 Å². The van der Waals surface area contributed by atoms with E-state index in [2.05, 4.69) is 15.9 Å². The molecule has 136 valence electrons. The second-order valence-corrected chi connectivity index (χ2v) is 8.67. The van der Waals surface area contributed by atoms with Gasteiger partial charge in [0.2, 0.25) is 0 Å². The zero-order chi connectivity index (χ0) is 18.8. The highest BCUT2D eigenvalue weighted by Gasteiger charge is 2.30. The highest BCUT2D eigenvalue weighted by Crippen LogP contribution is 2.20. The summed E-state index contributed by atoms with van der Waals surface area (Å²) >= 11 is 3.22. The third kappa shape index (κ3) is 4.46. The zero-order valence-electron chi connectivity index (χ0n) is 13.7. The molecule has 0 N–H and O–H groups in total. The Kier molecular flexibility index (Phi) is 5.99. The number of sulfone groups is 1. The molecule has 0 aliphatic heterocycles. The lowest BCUT2D eigenvalue weighted by molar-refractivity contribution is -0.142. The Morgan fingerprint density at radius 3 is 2.64 bits per heavy atom. The maximum absolute atomic E-state index is 14.3. The first-order valence-corrected chi connectivity index (χ1v) is 10.2. The van der Waals surface area contributed by atoms with Crippen molar-refractivity contribution in [2.24, 2.45) is 0 Å². The van der Waals surface area contributed by atoms with E-state index in [1.807, 2.05) is 0 Å². The zero-order valence-corrected chi connectivity index (χ0v) is 16.1. The third-order valence-corrected chi connectivity index (χ3v) is 5.65. The Morgan fingerprint density at radius 2 is 2.04 bits per heavy atom. The van der Waals surface area contributed by atoms with Crippen molar-refractivity contribution in [1.82, 2.24) is 4.57 Å². The molecule has 2 aromatic rings. The van der Waals surface area contributed by atoms with Crippen LogP contribution in [0, 0.1) is 5.82 Å². The van der Waals surface area contributed by atoms with Crippen LogP contribution in [0.15, 0.2) is 33.7 Å². The standard InChI is InChI=1S/C16H17BrFNO5S/c1-3-24-16(21)14(25(2,22)23)6-7-19-9-13(18)12-8-10(17)4-5-11(12)15(19)20/h4-5,8-9,14H,3,6-7H2,1-2H3. The van der Waals surface area contributed by atoms with Crippen LogP contribution in [0.1, 0.15) is 13.3 Å². The number of ether oxygens (including phenoxy) is 1. The first-order chi connectivity index (χ1) is 11.6. The molecule has 1 unspecified atom stereocenters. The smallest absolute Gasteiger partial charge is 0.324 e. The number of benzene rings is 1. The highest BCUT2D eigenvalue weighted by atomic mass is 79.9. The molecule has 0 amide bonds. The van der Waals surface area contributed by atoms with Crippen LogP contribution in [-0.2, 0) is 25.9 Å². The minimum atomic E-state index is -3.72. The van der Waals surface area contributed by atoms with Gasteiger partial charge < -0.3 is 9.30 Å². The number of halogens is 2. The van der Waals surface area contributed by atoms with Gasteiger partial charge in [0.1, 0.15) is 5.82 Å². The normalized spacial score (nSPS) is 13.0. The summed E-state index contributed by atoms with van der Waals surface area (Å²) in [7, 11) is -3.72. The van der Waals surface area contributed by atoms with E-state index in [4.69, 9.17) is 4.74 Å². The van der Waals surface area contributed by atoms with Crippen molar-refractivity contribution in [3.05, 3.63) is 45.0 Å².